The van der Waals surface area contributed by atoms with Crippen LogP contribution in [0.15, 0.2) is 22.7 Å². The standard InChI is InChI=1S/C14H17Cl2N3O/c1-9(17)4-2-7-14-18-13(19-20-14)8-10-11(15)5-3-6-12(10)16/h3,5-6,9H,2,4,7-8,17H2,1H3. The molecule has 1 aromatic carbocycles. The Morgan fingerprint density at radius 3 is 2.65 bits per heavy atom. The summed E-state index contributed by atoms with van der Waals surface area (Å²) in [4.78, 5) is 4.35. The molecule has 0 bridgehead atoms. The molecule has 1 heterocycles. The largest absolute Gasteiger partial charge is 0.339 e. The van der Waals surface area contributed by atoms with Crippen molar-refractivity contribution in [2.45, 2.75) is 38.6 Å². The number of hydrogen-bond acceptors (Lipinski definition) is 4. The van der Waals surface area contributed by atoms with Gasteiger partial charge in [0.2, 0.25) is 5.89 Å². The van der Waals surface area contributed by atoms with Crippen LogP contribution in [0.1, 0.15) is 37.0 Å². The smallest absolute Gasteiger partial charge is 0.226 e. The molecule has 1 atom stereocenters. The molecular weight excluding hydrogens is 297 g/mol. The highest BCUT2D eigenvalue weighted by molar-refractivity contribution is 6.36. The molecule has 0 aliphatic carbocycles. The molecule has 2 N–H and O–H groups in total. The number of hydrogen-bond donors (Lipinski definition) is 1. The fourth-order valence-electron chi connectivity index (χ4n) is 1.90. The Hall–Kier alpha value is -1.10. The highest BCUT2D eigenvalue weighted by atomic mass is 35.5. The molecule has 0 aliphatic heterocycles. The van der Waals surface area contributed by atoms with Crippen LogP contribution in [0.2, 0.25) is 10.0 Å². The normalized spacial score (nSPS) is 12.6. The second kappa shape index (κ2) is 7.07. The summed E-state index contributed by atoms with van der Waals surface area (Å²) in [5, 5.41) is 5.18. The summed E-state index contributed by atoms with van der Waals surface area (Å²) in [6, 6.07) is 5.60. The van der Waals surface area contributed by atoms with Crippen molar-refractivity contribution < 1.29 is 4.52 Å². The van der Waals surface area contributed by atoms with Crippen molar-refractivity contribution in [3.05, 3.63) is 45.5 Å². The quantitative estimate of drug-likeness (QED) is 0.884. The number of rotatable bonds is 6. The zero-order valence-corrected chi connectivity index (χ0v) is 12.8. The van der Waals surface area contributed by atoms with Crippen LogP contribution in [0.5, 0.6) is 0 Å². The van der Waals surface area contributed by atoms with Gasteiger partial charge >= 0.3 is 0 Å². The molecule has 4 nitrogen and oxygen atoms in total. The van der Waals surface area contributed by atoms with Gasteiger partial charge in [-0.15, -0.1) is 0 Å². The van der Waals surface area contributed by atoms with Gasteiger partial charge in [0.05, 0.1) is 0 Å². The number of aryl methyl sites for hydroxylation is 1. The van der Waals surface area contributed by atoms with Crippen LogP contribution >= 0.6 is 23.2 Å². The Morgan fingerprint density at radius 2 is 2.00 bits per heavy atom. The van der Waals surface area contributed by atoms with E-state index < -0.39 is 0 Å². The van der Waals surface area contributed by atoms with Gasteiger partial charge < -0.3 is 10.3 Å². The Kier molecular flexibility index (Phi) is 5.40. The van der Waals surface area contributed by atoms with E-state index in [9.17, 15) is 0 Å². The van der Waals surface area contributed by atoms with Gasteiger partial charge in [0.1, 0.15) is 0 Å². The Labute approximate surface area is 128 Å². The second-order valence-electron chi connectivity index (χ2n) is 4.85. The van der Waals surface area contributed by atoms with E-state index >= 15 is 0 Å². The number of nitrogens with zero attached hydrogens (tertiary/aromatic N) is 2. The number of aromatic nitrogens is 2. The molecule has 0 spiro atoms. The van der Waals surface area contributed by atoms with Crippen molar-refractivity contribution in [2.75, 3.05) is 0 Å². The SMILES string of the molecule is CC(N)CCCc1nc(Cc2c(Cl)cccc2Cl)no1. The number of benzene rings is 1. The molecule has 0 fully saturated rings. The van der Waals surface area contributed by atoms with Gasteiger partial charge in [0.25, 0.3) is 0 Å². The predicted octanol–water partition coefficient (Wildman–Crippen LogP) is 3.64. The molecule has 0 radical (unpaired) electrons. The van der Waals surface area contributed by atoms with Crippen molar-refractivity contribution in [3.63, 3.8) is 0 Å². The van der Waals surface area contributed by atoms with Crippen molar-refractivity contribution >= 4 is 23.2 Å². The molecule has 6 heteroatoms. The molecule has 0 saturated carbocycles. The summed E-state index contributed by atoms with van der Waals surface area (Å²) in [7, 11) is 0. The lowest BCUT2D eigenvalue weighted by Crippen LogP contribution is -2.14. The molecule has 2 aromatic rings. The number of nitrogens with two attached hydrogens (primary N) is 1. The first-order chi connectivity index (χ1) is 9.56. The van der Waals surface area contributed by atoms with Gasteiger partial charge in [-0.05, 0) is 37.5 Å². The summed E-state index contributed by atoms with van der Waals surface area (Å²) in [6.07, 6.45) is 3.08. The maximum Gasteiger partial charge on any atom is 0.226 e. The van der Waals surface area contributed by atoms with Crippen molar-refractivity contribution in [1.82, 2.24) is 10.1 Å². The first kappa shape index (κ1) is 15.3. The molecule has 20 heavy (non-hydrogen) atoms. The molecule has 2 rings (SSSR count). The van der Waals surface area contributed by atoms with Crippen molar-refractivity contribution in [3.8, 4) is 0 Å². The van der Waals surface area contributed by atoms with Crippen LogP contribution in [0.3, 0.4) is 0 Å². The van der Waals surface area contributed by atoms with Crippen molar-refractivity contribution in [1.29, 1.82) is 0 Å². The van der Waals surface area contributed by atoms with E-state index in [1.165, 1.54) is 0 Å². The Balaban J connectivity index is 1.99. The van der Waals surface area contributed by atoms with Crippen LogP contribution in [0.4, 0.5) is 0 Å². The van der Waals surface area contributed by atoms with E-state index in [-0.39, 0.29) is 6.04 Å². The summed E-state index contributed by atoms with van der Waals surface area (Å²) in [6.45, 7) is 1.98. The van der Waals surface area contributed by atoms with Crippen LogP contribution < -0.4 is 5.73 Å². The lowest BCUT2D eigenvalue weighted by Gasteiger charge is -2.03. The van der Waals surface area contributed by atoms with Gasteiger partial charge in [-0.3, -0.25) is 0 Å². The van der Waals surface area contributed by atoms with E-state index in [1.807, 2.05) is 13.0 Å². The first-order valence-corrected chi connectivity index (χ1v) is 7.32. The van der Waals surface area contributed by atoms with Crippen molar-refractivity contribution in [2.24, 2.45) is 5.73 Å². The molecule has 0 aliphatic rings. The molecule has 0 saturated heterocycles. The second-order valence-corrected chi connectivity index (χ2v) is 5.67. The van der Waals surface area contributed by atoms with Gasteiger partial charge in [-0.1, -0.05) is 34.4 Å². The predicted molar refractivity (Wildman–Crippen MR) is 80.2 cm³/mol. The van der Waals surface area contributed by atoms with Crippen LogP contribution in [-0.2, 0) is 12.8 Å². The minimum absolute atomic E-state index is 0.194. The summed E-state index contributed by atoms with van der Waals surface area (Å²) < 4.78 is 5.21. The lowest BCUT2D eigenvalue weighted by molar-refractivity contribution is 0.368. The molecule has 0 amide bonds. The molecule has 108 valence electrons. The zero-order chi connectivity index (χ0) is 14.5. The number of halogens is 2. The molecular formula is C14H17Cl2N3O. The monoisotopic (exact) mass is 313 g/mol. The van der Waals surface area contributed by atoms with E-state index in [4.69, 9.17) is 33.5 Å². The van der Waals surface area contributed by atoms with E-state index in [1.54, 1.807) is 12.1 Å². The Bertz CT molecular complexity index is 549. The van der Waals surface area contributed by atoms with Crippen LogP contribution in [-0.4, -0.2) is 16.2 Å². The topological polar surface area (TPSA) is 64.9 Å². The van der Waals surface area contributed by atoms with Crippen LogP contribution in [0, 0.1) is 0 Å². The fraction of sp³-hybridized carbons (Fsp3) is 0.429. The maximum absolute atomic E-state index is 6.12. The molecule has 1 aromatic heterocycles. The van der Waals surface area contributed by atoms with E-state index in [0.29, 0.717) is 28.2 Å². The summed E-state index contributed by atoms with van der Waals surface area (Å²) >= 11 is 12.2. The third-order valence-corrected chi connectivity index (χ3v) is 3.67. The van der Waals surface area contributed by atoms with E-state index in [2.05, 4.69) is 10.1 Å². The molecule has 1 unspecified atom stereocenters. The van der Waals surface area contributed by atoms with Gasteiger partial charge in [0.15, 0.2) is 5.82 Å². The third kappa shape index (κ3) is 4.20. The minimum Gasteiger partial charge on any atom is -0.339 e. The van der Waals surface area contributed by atoms with E-state index in [0.717, 1.165) is 24.8 Å². The zero-order valence-electron chi connectivity index (χ0n) is 11.3. The highest BCUT2D eigenvalue weighted by Gasteiger charge is 2.12. The lowest BCUT2D eigenvalue weighted by atomic mass is 10.1. The summed E-state index contributed by atoms with van der Waals surface area (Å²) in [5.41, 5.74) is 6.52. The fourth-order valence-corrected chi connectivity index (χ4v) is 2.43. The average Bonchev–Trinajstić information content (AvgIpc) is 2.81. The van der Waals surface area contributed by atoms with Gasteiger partial charge in [0, 0.05) is 28.9 Å². The minimum atomic E-state index is 0.194. The highest BCUT2D eigenvalue weighted by Crippen LogP contribution is 2.26. The van der Waals surface area contributed by atoms with Gasteiger partial charge in [-0.2, -0.15) is 4.98 Å². The average molecular weight is 314 g/mol. The van der Waals surface area contributed by atoms with Crippen LogP contribution in [0.25, 0.3) is 0 Å². The van der Waals surface area contributed by atoms with Gasteiger partial charge in [-0.25, -0.2) is 0 Å². The maximum atomic E-state index is 6.12. The Morgan fingerprint density at radius 1 is 1.30 bits per heavy atom. The third-order valence-electron chi connectivity index (χ3n) is 2.96. The first-order valence-electron chi connectivity index (χ1n) is 6.56. The summed E-state index contributed by atoms with van der Waals surface area (Å²) in [5.74, 6) is 1.22.